The molecule has 9 nitrogen and oxygen atoms in total. The third kappa shape index (κ3) is 3.79. The molecule has 1 aromatic carbocycles. The number of aliphatic carboxylic acids is 1. The monoisotopic (exact) mass is 541 g/mol. The molecule has 2 aliphatic heterocycles. The van der Waals surface area contributed by atoms with Crippen LogP contribution >= 0.6 is 23.1 Å². The molecule has 0 radical (unpaired) electrons. The summed E-state index contributed by atoms with van der Waals surface area (Å²) in [5.41, 5.74) is 1.41. The predicted molar refractivity (Wildman–Crippen MR) is 140 cm³/mol. The van der Waals surface area contributed by atoms with E-state index in [1.54, 1.807) is 25.5 Å². The van der Waals surface area contributed by atoms with Crippen LogP contribution in [0.15, 0.2) is 41.4 Å². The van der Waals surface area contributed by atoms with E-state index >= 15 is 0 Å². The second-order valence-corrected chi connectivity index (χ2v) is 11.6. The maximum Gasteiger partial charge on any atom is 0.352 e. The van der Waals surface area contributed by atoms with Gasteiger partial charge in [0.1, 0.15) is 28.5 Å². The second kappa shape index (κ2) is 9.00. The zero-order chi connectivity index (χ0) is 26.8. The highest BCUT2D eigenvalue weighted by atomic mass is 32.2. The molecular weight excluding hydrogens is 514 g/mol. The van der Waals surface area contributed by atoms with Crippen molar-refractivity contribution in [2.45, 2.75) is 44.9 Å². The Hall–Kier alpha value is -3.15. The van der Waals surface area contributed by atoms with Crippen LogP contribution in [0.4, 0.5) is 0 Å². The number of aromatic nitrogens is 2. The summed E-state index contributed by atoms with van der Waals surface area (Å²) >= 11 is 2.85. The lowest BCUT2D eigenvalue weighted by Crippen LogP contribution is -2.66. The van der Waals surface area contributed by atoms with Crippen molar-refractivity contribution in [3.05, 3.63) is 58.0 Å². The van der Waals surface area contributed by atoms with Crippen molar-refractivity contribution in [1.82, 2.24) is 14.3 Å². The summed E-state index contributed by atoms with van der Waals surface area (Å²) in [6.07, 6.45) is 4.37. The van der Waals surface area contributed by atoms with Gasteiger partial charge >= 0.3 is 11.9 Å². The van der Waals surface area contributed by atoms with Crippen molar-refractivity contribution < 1.29 is 29.3 Å². The first kappa shape index (κ1) is 25.5. The number of carbonyl (C=O) groups excluding carboxylic acids is 2. The number of imidazole rings is 1. The second-order valence-electron chi connectivity index (χ2n) is 9.82. The van der Waals surface area contributed by atoms with E-state index in [0.29, 0.717) is 16.0 Å². The standard InChI is InChI=1S/C26H27N3O6S2/c1-12-6-7-15(13(2)8-12)25(34)35-10-26(4)18(16-9-28-11-27-21(36-5)23(28)37-16)19(24(32)33)29-20(26)17(14(3)30)22(29)31/h6-9,11,14,17,20,30H,10H2,1-5H3,(H,32,33)/t14-,17-,20-,26+/m1/s1. The number of thiazole rings is 1. The fraction of sp³-hybridized carbons (Fsp3) is 0.385. The van der Waals surface area contributed by atoms with E-state index in [4.69, 9.17) is 4.74 Å². The number of benzene rings is 1. The van der Waals surface area contributed by atoms with Crippen LogP contribution in [0.2, 0.25) is 0 Å². The minimum atomic E-state index is -1.25. The Labute approximate surface area is 221 Å². The molecule has 1 fully saturated rings. The highest BCUT2D eigenvalue weighted by Gasteiger charge is 2.67. The molecule has 0 saturated carbocycles. The van der Waals surface area contributed by atoms with Gasteiger partial charge in [-0.1, -0.05) is 24.6 Å². The molecular formula is C26H27N3O6S2. The van der Waals surface area contributed by atoms with Crippen LogP contribution in [0.1, 0.15) is 40.2 Å². The summed E-state index contributed by atoms with van der Waals surface area (Å²) in [6, 6.07) is 4.76. The molecule has 0 bridgehead atoms. The van der Waals surface area contributed by atoms with Gasteiger partial charge in [0.25, 0.3) is 0 Å². The Kier molecular flexibility index (Phi) is 6.20. The number of carboxylic acids is 1. The van der Waals surface area contributed by atoms with E-state index in [1.165, 1.54) is 34.9 Å². The molecule has 2 aromatic heterocycles. The normalized spacial score (nSPS) is 23.8. The molecule has 0 unspecified atom stereocenters. The van der Waals surface area contributed by atoms with Crippen molar-refractivity contribution >= 4 is 51.3 Å². The maximum atomic E-state index is 13.1. The molecule has 5 rings (SSSR count). The molecule has 0 aliphatic carbocycles. The van der Waals surface area contributed by atoms with Crippen LogP contribution in [0, 0.1) is 25.2 Å². The summed E-state index contributed by atoms with van der Waals surface area (Å²) in [5.74, 6) is -3.04. The van der Waals surface area contributed by atoms with E-state index in [0.717, 1.165) is 21.0 Å². The van der Waals surface area contributed by atoms with Crippen LogP contribution in [-0.4, -0.2) is 67.4 Å². The summed E-state index contributed by atoms with van der Waals surface area (Å²) in [5, 5.41) is 21.5. The van der Waals surface area contributed by atoms with Crippen LogP contribution in [0.25, 0.3) is 10.4 Å². The van der Waals surface area contributed by atoms with Crippen LogP contribution in [0.3, 0.4) is 0 Å². The fourth-order valence-electron chi connectivity index (χ4n) is 5.59. The third-order valence-corrected chi connectivity index (χ3v) is 9.23. The molecule has 3 aromatic rings. The Morgan fingerprint density at radius 3 is 2.68 bits per heavy atom. The van der Waals surface area contributed by atoms with Crippen LogP contribution in [-0.2, 0) is 14.3 Å². The van der Waals surface area contributed by atoms with E-state index in [-0.39, 0.29) is 12.3 Å². The first-order chi connectivity index (χ1) is 17.5. The molecule has 37 heavy (non-hydrogen) atoms. The lowest BCUT2D eigenvalue weighted by molar-refractivity contribution is -0.167. The molecule has 4 heterocycles. The van der Waals surface area contributed by atoms with Gasteiger partial charge in [0.2, 0.25) is 5.91 Å². The Morgan fingerprint density at radius 2 is 2.05 bits per heavy atom. The predicted octanol–water partition coefficient (Wildman–Crippen LogP) is 3.61. The molecule has 4 atom stereocenters. The molecule has 194 valence electrons. The molecule has 1 amide bonds. The zero-order valence-corrected chi connectivity index (χ0v) is 22.6. The molecule has 1 saturated heterocycles. The van der Waals surface area contributed by atoms with Gasteiger partial charge in [-0.2, -0.15) is 0 Å². The number of esters is 1. The number of amides is 1. The number of thioether (sulfide) groups is 1. The minimum absolute atomic E-state index is 0.139. The first-order valence-corrected chi connectivity index (χ1v) is 13.8. The summed E-state index contributed by atoms with van der Waals surface area (Å²) < 4.78 is 7.65. The quantitative estimate of drug-likeness (QED) is 0.264. The van der Waals surface area contributed by atoms with Gasteiger partial charge in [-0.3, -0.25) is 9.20 Å². The number of fused-ring (bicyclic) bond motifs is 2. The van der Waals surface area contributed by atoms with Crippen molar-refractivity contribution in [3.8, 4) is 0 Å². The Morgan fingerprint density at radius 1 is 1.32 bits per heavy atom. The van der Waals surface area contributed by atoms with Crippen molar-refractivity contribution in [2.75, 3.05) is 12.9 Å². The highest BCUT2D eigenvalue weighted by molar-refractivity contribution is 7.98. The number of carbonyl (C=O) groups is 3. The number of aryl methyl sites for hydroxylation is 2. The Balaban J connectivity index is 1.61. The van der Waals surface area contributed by atoms with Gasteiger partial charge in [0, 0.05) is 11.8 Å². The van der Waals surface area contributed by atoms with Gasteiger partial charge in [0.15, 0.2) is 0 Å². The van der Waals surface area contributed by atoms with Crippen molar-refractivity contribution in [2.24, 2.45) is 11.3 Å². The lowest BCUT2D eigenvalue weighted by atomic mass is 9.67. The number of rotatable bonds is 7. The van der Waals surface area contributed by atoms with Gasteiger partial charge in [-0.15, -0.1) is 23.1 Å². The van der Waals surface area contributed by atoms with Crippen LogP contribution < -0.4 is 0 Å². The summed E-state index contributed by atoms with van der Waals surface area (Å²) in [7, 11) is 0. The number of hydrogen-bond donors (Lipinski definition) is 2. The summed E-state index contributed by atoms with van der Waals surface area (Å²) in [6.45, 7) is 6.92. The molecule has 2 N–H and O–H groups in total. The molecule has 0 spiro atoms. The lowest BCUT2D eigenvalue weighted by Gasteiger charge is -2.50. The number of β-lactam (4-membered cyclic amide) rings is 1. The number of aliphatic hydroxyl groups excluding tert-OH is 1. The number of ether oxygens (including phenoxy) is 1. The summed E-state index contributed by atoms with van der Waals surface area (Å²) in [4.78, 5) is 45.8. The largest absolute Gasteiger partial charge is 0.477 e. The third-order valence-electron chi connectivity index (χ3n) is 7.29. The maximum absolute atomic E-state index is 13.1. The SMILES string of the molecule is CSc1ncn2cc(C3=C(C(=O)O)N4C(=O)[C@H]([C@@H](C)O)[C@@H]4[C@@]3(C)COC(=O)c3ccc(C)cc3C)sc12. The average Bonchev–Trinajstić information content (AvgIpc) is 3.46. The number of carboxylic acid groups (broad SMARTS) is 1. The van der Waals surface area contributed by atoms with E-state index in [1.807, 2.05) is 36.6 Å². The molecule has 2 aliphatic rings. The number of hydrogen-bond acceptors (Lipinski definition) is 8. The first-order valence-electron chi connectivity index (χ1n) is 11.7. The Bertz CT molecular complexity index is 1490. The number of aliphatic hydroxyl groups is 1. The van der Waals surface area contributed by atoms with Crippen molar-refractivity contribution in [3.63, 3.8) is 0 Å². The van der Waals surface area contributed by atoms with Gasteiger partial charge in [0.05, 0.1) is 33.9 Å². The molecule has 11 heteroatoms. The van der Waals surface area contributed by atoms with E-state index in [2.05, 4.69) is 4.98 Å². The fourth-order valence-corrected chi connectivity index (χ4v) is 7.54. The van der Waals surface area contributed by atoms with Crippen molar-refractivity contribution in [1.29, 1.82) is 0 Å². The zero-order valence-electron chi connectivity index (χ0n) is 21.0. The van der Waals surface area contributed by atoms with Crippen LogP contribution in [0.5, 0.6) is 0 Å². The smallest absolute Gasteiger partial charge is 0.352 e. The number of nitrogens with zero attached hydrogens (tertiary/aromatic N) is 3. The topological polar surface area (TPSA) is 121 Å². The van der Waals surface area contributed by atoms with Gasteiger partial charge in [-0.25, -0.2) is 14.6 Å². The average molecular weight is 542 g/mol. The van der Waals surface area contributed by atoms with E-state index in [9.17, 15) is 24.6 Å². The minimum Gasteiger partial charge on any atom is -0.477 e. The highest BCUT2D eigenvalue weighted by Crippen LogP contribution is 2.58. The van der Waals surface area contributed by atoms with Gasteiger partial charge in [-0.05, 0) is 38.7 Å². The van der Waals surface area contributed by atoms with E-state index < -0.39 is 41.3 Å². The van der Waals surface area contributed by atoms with Gasteiger partial charge < -0.3 is 19.8 Å².